The molecule has 0 aliphatic rings. The molecular formula is C21H16F2N4O4S2. The number of thioether (sulfide) groups is 1. The number of aromatic nitrogens is 2. The van der Waals surface area contributed by atoms with Gasteiger partial charge in [0.15, 0.2) is 0 Å². The number of para-hydroxylation sites is 1. The highest BCUT2D eigenvalue weighted by molar-refractivity contribution is 7.99. The van der Waals surface area contributed by atoms with Crippen LogP contribution in [0.5, 0.6) is 0 Å². The number of amides is 1. The topological polar surface area (TPSA) is 124 Å². The van der Waals surface area contributed by atoms with Crippen LogP contribution < -0.4 is 15.7 Å². The van der Waals surface area contributed by atoms with E-state index in [0.717, 1.165) is 0 Å². The molecule has 0 spiro atoms. The Labute approximate surface area is 190 Å². The summed E-state index contributed by atoms with van der Waals surface area (Å²) in [6.45, 7) is 0. The number of imidazole rings is 1. The molecule has 0 atom stereocenters. The monoisotopic (exact) mass is 490 g/mol. The van der Waals surface area contributed by atoms with Crippen LogP contribution in [0.15, 0.2) is 81.3 Å². The minimum atomic E-state index is -4.08. The number of carbonyl (C=O) groups excluding carboxylic acids is 1. The summed E-state index contributed by atoms with van der Waals surface area (Å²) >= 11 is 0.387. The minimum absolute atomic E-state index is 0.0440. The number of anilines is 2. The quantitative estimate of drug-likeness (QED) is 0.289. The molecule has 0 saturated heterocycles. The second-order valence-electron chi connectivity index (χ2n) is 6.79. The van der Waals surface area contributed by atoms with Gasteiger partial charge in [-0.05, 0) is 54.6 Å². The molecule has 8 nitrogen and oxygen atoms in total. The number of benzene rings is 3. The first-order chi connectivity index (χ1) is 15.7. The zero-order chi connectivity index (χ0) is 23.6. The molecule has 1 aromatic heterocycles. The molecule has 0 fully saturated rings. The number of fused-ring (bicyclic) bond motifs is 1. The number of halogens is 2. The highest BCUT2D eigenvalue weighted by atomic mass is 32.2. The Hall–Kier alpha value is -3.64. The third kappa shape index (κ3) is 5.23. The van der Waals surface area contributed by atoms with Crippen molar-refractivity contribution in [1.82, 2.24) is 9.97 Å². The molecule has 1 heterocycles. The summed E-state index contributed by atoms with van der Waals surface area (Å²) in [5.41, 5.74) is 0.776. The van der Waals surface area contributed by atoms with Crippen LogP contribution >= 0.6 is 11.8 Å². The van der Waals surface area contributed by atoms with E-state index >= 15 is 0 Å². The first-order valence-electron chi connectivity index (χ1n) is 9.41. The van der Waals surface area contributed by atoms with E-state index in [2.05, 4.69) is 20.0 Å². The average molecular weight is 491 g/mol. The van der Waals surface area contributed by atoms with Crippen molar-refractivity contribution in [3.05, 3.63) is 82.8 Å². The lowest BCUT2D eigenvalue weighted by Crippen LogP contribution is -2.18. The minimum Gasteiger partial charge on any atom is -0.322 e. The van der Waals surface area contributed by atoms with Crippen LogP contribution in [0.3, 0.4) is 0 Å². The van der Waals surface area contributed by atoms with Crippen molar-refractivity contribution < 1.29 is 22.0 Å². The van der Waals surface area contributed by atoms with Crippen LogP contribution in [0.25, 0.3) is 11.0 Å². The van der Waals surface area contributed by atoms with E-state index in [-0.39, 0.29) is 16.1 Å². The van der Waals surface area contributed by atoms with Gasteiger partial charge in [-0.15, -0.1) is 0 Å². The molecule has 1 amide bonds. The van der Waals surface area contributed by atoms with Gasteiger partial charge in [0.05, 0.1) is 27.2 Å². The average Bonchev–Trinajstić information content (AvgIpc) is 3.14. The van der Waals surface area contributed by atoms with Crippen LogP contribution in [0.4, 0.5) is 20.2 Å². The second-order valence-corrected chi connectivity index (χ2v) is 9.54. The summed E-state index contributed by atoms with van der Waals surface area (Å²) < 4.78 is 53.1. The lowest BCUT2D eigenvalue weighted by molar-refractivity contribution is 0.102. The SMILES string of the molecule is O=C(Nc1ccc(SC(F)F)cc1)c1ccccc1NS(=O)(=O)c1ccc2[nH]c(=O)[nH]c2c1. The molecule has 0 aliphatic heterocycles. The summed E-state index contributed by atoms with van der Waals surface area (Å²) in [6, 6.07) is 16.0. The Bertz CT molecular complexity index is 1480. The molecule has 4 rings (SSSR count). The van der Waals surface area contributed by atoms with Crippen LogP contribution in [0, 0.1) is 0 Å². The molecule has 0 saturated carbocycles. The van der Waals surface area contributed by atoms with Crippen LogP contribution in [-0.2, 0) is 10.0 Å². The molecule has 0 unspecified atom stereocenters. The van der Waals surface area contributed by atoms with Crippen molar-refractivity contribution in [2.45, 2.75) is 15.5 Å². The summed E-state index contributed by atoms with van der Waals surface area (Å²) in [6.07, 6.45) is 0. The first kappa shape index (κ1) is 22.6. The standard InChI is InChI=1S/C21H16F2N4O4S2/c22-20(23)32-13-7-5-12(6-8-13)24-19(28)15-3-1-2-4-16(15)27-33(30,31)14-9-10-17-18(11-14)26-21(29)25-17/h1-11,20,27H,(H,24,28)(H2,25,26,29). The molecular weight excluding hydrogens is 474 g/mol. The number of hydrogen-bond acceptors (Lipinski definition) is 5. The van der Waals surface area contributed by atoms with Gasteiger partial charge in [0.25, 0.3) is 21.7 Å². The number of hydrogen-bond donors (Lipinski definition) is 4. The van der Waals surface area contributed by atoms with Crippen molar-refractivity contribution in [1.29, 1.82) is 0 Å². The summed E-state index contributed by atoms with van der Waals surface area (Å²) in [7, 11) is -4.08. The van der Waals surface area contributed by atoms with Crippen LogP contribution in [0.2, 0.25) is 0 Å². The number of aromatic amines is 2. The predicted molar refractivity (Wildman–Crippen MR) is 122 cm³/mol. The zero-order valence-corrected chi connectivity index (χ0v) is 18.3. The maximum Gasteiger partial charge on any atom is 0.323 e. The number of H-pyrrole nitrogens is 2. The molecule has 3 aromatic carbocycles. The van der Waals surface area contributed by atoms with Crippen molar-refractivity contribution in [3.63, 3.8) is 0 Å². The van der Waals surface area contributed by atoms with Crippen molar-refractivity contribution in [2.75, 3.05) is 10.0 Å². The number of carbonyl (C=O) groups is 1. The van der Waals surface area contributed by atoms with Crippen LogP contribution in [0.1, 0.15) is 10.4 Å². The lowest BCUT2D eigenvalue weighted by atomic mass is 10.1. The highest BCUT2D eigenvalue weighted by Crippen LogP contribution is 2.27. The third-order valence-corrected chi connectivity index (χ3v) is 6.64. The van der Waals surface area contributed by atoms with Gasteiger partial charge in [-0.1, -0.05) is 23.9 Å². The zero-order valence-electron chi connectivity index (χ0n) is 16.6. The van der Waals surface area contributed by atoms with Gasteiger partial charge in [-0.3, -0.25) is 9.52 Å². The van der Waals surface area contributed by atoms with E-state index in [0.29, 0.717) is 33.4 Å². The molecule has 4 N–H and O–H groups in total. The lowest BCUT2D eigenvalue weighted by Gasteiger charge is -2.13. The van der Waals surface area contributed by atoms with Crippen molar-refractivity contribution >= 4 is 50.1 Å². The molecule has 0 bridgehead atoms. The van der Waals surface area contributed by atoms with Gasteiger partial charge in [-0.25, -0.2) is 13.2 Å². The highest BCUT2D eigenvalue weighted by Gasteiger charge is 2.19. The van der Waals surface area contributed by atoms with Gasteiger partial charge in [0.1, 0.15) is 0 Å². The van der Waals surface area contributed by atoms with E-state index in [1.807, 2.05) is 0 Å². The Balaban J connectivity index is 1.56. The van der Waals surface area contributed by atoms with Gasteiger partial charge in [0, 0.05) is 10.6 Å². The second kappa shape index (κ2) is 9.08. The fraction of sp³-hybridized carbons (Fsp3) is 0.0476. The molecule has 170 valence electrons. The van der Waals surface area contributed by atoms with Crippen LogP contribution in [-0.4, -0.2) is 30.1 Å². The summed E-state index contributed by atoms with van der Waals surface area (Å²) in [4.78, 5) is 29.5. The fourth-order valence-electron chi connectivity index (χ4n) is 3.07. The van der Waals surface area contributed by atoms with Gasteiger partial charge in [0.2, 0.25) is 0 Å². The first-order valence-corrected chi connectivity index (χ1v) is 11.8. The number of alkyl halides is 2. The maximum absolute atomic E-state index is 12.9. The number of nitrogens with one attached hydrogen (secondary N) is 4. The summed E-state index contributed by atoms with van der Waals surface area (Å²) in [5, 5.41) is 2.62. The Morgan fingerprint density at radius 1 is 0.939 bits per heavy atom. The Kier molecular flexibility index (Phi) is 6.20. The van der Waals surface area contributed by atoms with E-state index in [1.54, 1.807) is 12.1 Å². The van der Waals surface area contributed by atoms with Gasteiger partial charge in [-0.2, -0.15) is 8.78 Å². The molecule has 33 heavy (non-hydrogen) atoms. The molecule has 4 aromatic rings. The molecule has 0 aliphatic carbocycles. The van der Waals surface area contributed by atoms with Crippen molar-refractivity contribution in [2.24, 2.45) is 0 Å². The predicted octanol–water partition coefficient (Wildman–Crippen LogP) is 4.22. The summed E-state index contributed by atoms with van der Waals surface area (Å²) in [5.74, 6) is -3.14. The third-order valence-electron chi connectivity index (χ3n) is 4.55. The number of sulfonamides is 1. The smallest absolute Gasteiger partial charge is 0.322 e. The Morgan fingerprint density at radius 2 is 1.64 bits per heavy atom. The largest absolute Gasteiger partial charge is 0.323 e. The van der Waals surface area contributed by atoms with Gasteiger partial charge < -0.3 is 15.3 Å². The van der Waals surface area contributed by atoms with E-state index < -0.39 is 27.4 Å². The van der Waals surface area contributed by atoms with E-state index in [9.17, 15) is 26.8 Å². The normalized spacial score (nSPS) is 11.6. The van der Waals surface area contributed by atoms with E-state index in [4.69, 9.17) is 0 Å². The fourth-order valence-corrected chi connectivity index (χ4v) is 4.68. The maximum atomic E-state index is 12.9. The van der Waals surface area contributed by atoms with E-state index in [1.165, 1.54) is 54.6 Å². The number of rotatable bonds is 7. The van der Waals surface area contributed by atoms with Gasteiger partial charge >= 0.3 is 5.69 Å². The molecule has 12 heteroatoms. The molecule has 0 radical (unpaired) electrons. The van der Waals surface area contributed by atoms with Crippen molar-refractivity contribution in [3.8, 4) is 0 Å². The Morgan fingerprint density at radius 3 is 2.36 bits per heavy atom.